The van der Waals surface area contributed by atoms with Crippen LogP contribution >= 0.6 is 0 Å². The van der Waals surface area contributed by atoms with Gasteiger partial charge in [0.2, 0.25) is 0 Å². The minimum atomic E-state index is -0.886. The minimum Gasteiger partial charge on any atom is -0.478 e. The van der Waals surface area contributed by atoms with E-state index >= 15 is 0 Å². The van der Waals surface area contributed by atoms with Crippen molar-refractivity contribution in [1.29, 1.82) is 0 Å². The fourth-order valence-corrected chi connectivity index (χ4v) is 5.50. The molecule has 5 atom stereocenters. The first-order valence-corrected chi connectivity index (χ1v) is 9.75. The monoisotopic (exact) mass is 362 g/mol. The summed E-state index contributed by atoms with van der Waals surface area (Å²) in [5.41, 5.74) is 2.33. The van der Waals surface area contributed by atoms with Crippen molar-refractivity contribution in [1.82, 2.24) is 0 Å². The van der Waals surface area contributed by atoms with Crippen molar-refractivity contribution in [2.24, 2.45) is 22.7 Å². The van der Waals surface area contributed by atoms with Crippen LogP contribution in [-0.4, -0.2) is 23.1 Å². The van der Waals surface area contributed by atoms with Gasteiger partial charge in [0.05, 0.1) is 0 Å². The molecule has 0 bridgehead atoms. The molecule has 1 N–H and O–H groups in total. The lowest BCUT2D eigenvalue weighted by Crippen LogP contribution is -2.55. The summed E-state index contributed by atoms with van der Waals surface area (Å²) in [5.74, 6) is -0.346. The summed E-state index contributed by atoms with van der Waals surface area (Å²) in [6, 6.07) is 0. The SMILES string of the molecule is CC(=O)O[C@@H]1C[C@@]2(C)C(C)=CCC[C@@H]2[C@@](C)(CCC(C)=CC(=O)O)[C@@H]1C. The molecule has 0 amide bonds. The predicted molar refractivity (Wildman–Crippen MR) is 103 cm³/mol. The molecule has 0 saturated heterocycles. The Bertz CT molecular complexity index is 632. The maximum Gasteiger partial charge on any atom is 0.328 e. The van der Waals surface area contributed by atoms with Crippen LogP contribution in [0, 0.1) is 22.7 Å². The number of esters is 1. The summed E-state index contributed by atoms with van der Waals surface area (Å²) in [6.07, 6.45) is 8.34. The molecule has 2 aliphatic carbocycles. The Kier molecular flexibility index (Phi) is 6.04. The predicted octanol–water partition coefficient (Wildman–Crippen LogP) is 5.14. The first-order valence-electron chi connectivity index (χ1n) is 9.75. The summed E-state index contributed by atoms with van der Waals surface area (Å²) in [5, 5.41) is 9.00. The van der Waals surface area contributed by atoms with E-state index < -0.39 is 5.97 Å². The molecule has 0 heterocycles. The number of carbonyl (C=O) groups is 2. The molecule has 4 nitrogen and oxygen atoms in total. The highest BCUT2D eigenvalue weighted by Crippen LogP contribution is 2.62. The Labute approximate surface area is 157 Å². The lowest BCUT2D eigenvalue weighted by atomic mass is 9.46. The zero-order chi connectivity index (χ0) is 19.7. The molecule has 2 aliphatic rings. The first kappa shape index (κ1) is 20.7. The third-order valence-electron chi connectivity index (χ3n) is 7.34. The lowest BCUT2D eigenvalue weighted by molar-refractivity contribution is -0.169. The highest BCUT2D eigenvalue weighted by Gasteiger charge is 2.57. The Morgan fingerprint density at radius 2 is 2.00 bits per heavy atom. The fourth-order valence-electron chi connectivity index (χ4n) is 5.50. The molecule has 0 radical (unpaired) electrons. The highest BCUT2D eigenvalue weighted by atomic mass is 16.5. The van der Waals surface area contributed by atoms with E-state index in [1.54, 1.807) is 0 Å². The van der Waals surface area contributed by atoms with Crippen molar-refractivity contribution in [2.45, 2.75) is 79.8 Å². The summed E-state index contributed by atoms with van der Waals surface area (Å²) in [7, 11) is 0. The second kappa shape index (κ2) is 7.58. The standard InChI is InChI=1S/C22H34O4/c1-14(12-20(24)25)10-11-21(5)16(3)18(26-17(4)23)13-22(6)15(2)8-7-9-19(21)22/h8,12,16,18-19H,7,9-11,13H2,1-6H3,(H,24,25)/t16-,18-,19-,21+,22+/m1/s1. The molecule has 1 saturated carbocycles. The third-order valence-corrected chi connectivity index (χ3v) is 7.34. The second-order valence-electron chi connectivity index (χ2n) is 8.91. The molecule has 146 valence electrons. The molecule has 26 heavy (non-hydrogen) atoms. The van der Waals surface area contributed by atoms with Gasteiger partial charge in [0.1, 0.15) is 6.10 Å². The zero-order valence-electron chi connectivity index (χ0n) is 17.1. The second-order valence-corrected chi connectivity index (χ2v) is 8.91. The van der Waals surface area contributed by atoms with Crippen LogP contribution in [0.1, 0.15) is 73.6 Å². The molecule has 0 aromatic heterocycles. The summed E-state index contributed by atoms with van der Waals surface area (Å²) >= 11 is 0. The summed E-state index contributed by atoms with van der Waals surface area (Å²) < 4.78 is 5.76. The van der Waals surface area contributed by atoms with Gasteiger partial charge in [-0.2, -0.15) is 0 Å². The number of hydrogen-bond acceptors (Lipinski definition) is 3. The third kappa shape index (κ3) is 3.89. The van der Waals surface area contributed by atoms with Gasteiger partial charge in [-0.05, 0) is 68.6 Å². The van der Waals surface area contributed by atoms with Gasteiger partial charge < -0.3 is 9.84 Å². The quantitative estimate of drug-likeness (QED) is 0.418. The van der Waals surface area contributed by atoms with Crippen LogP contribution in [0.4, 0.5) is 0 Å². The largest absolute Gasteiger partial charge is 0.478 e. The maximum absolute atomic E-state index is 11.7. The van der Waals surface area contributed by atoms with Crippen LogP contribution in [-0.2, 0) is 14.3 Å². The van der Waals surface area contributed by atoms with Crippen molar-refractivity contribution < 1.29 is 19.4 Å². The average molecular weight is 363 g/mol. The zero-order valence-corrected chi connectivity index (χ0v) is 17.1. The van der Waals surface area contributed by atoms with E-state index in [2.05, 4.69) is 33.8 Å². The number of carbonyl (C=O) groups excluding carboxylic acids is 1. The van der Waals surface area contributed by atoms with Gasteiger partial charge in [-0.3, -0.25) is 4.79 Å². The maximum atomic E-state index is 11.7. The van der Waals surface area contributed by atoms with Gasteiger partial charge >= 0.3 is 11.9 Å². The van der Waals surface area contributed by atoms with Crippen molar-refractivity contribution in [3.63, 3.8) is 0 Å². The molecule has 0 aliphatic heterocycles. The molecule has 1 fully saturated rings. The topological polar surface area (TPSA) is 63.6 Å². The fraction of sp³-hybridized carbons (Fsp3) is 0.727. The number of carboxylic acids is 1. The van der Waals surface area contributed by atoms with E-state index in [9.17, 15) is 9.59 Å². The highest BCUT2D eigenvalue weighted by molar-refractivity contribution is 5.80. The Morgan fingerprint density at radius 1 is 1.35 bits per heavy atom. The van der Waals surface area contributed by atoms with Gasteiger partial charge in [-0.25, -0.2) is 4.79 Å². The van der Waals surface area contributed by atoms with E-state index in [1.807, 2.05) is 6.92 Å². The number of ether oxygens (including phenoxy) is 1. The lowest BCUT2D eigenvalue weighted by Gasteiger charge is -2.60. The van der Waals surface area contributed by atoms with E-state index in [0.29, 0.717) is 5.92 Å². The Hall–Kier alpha value is -1.58. The molecule has 0 aromatic rings. The summed E-state index contributed by atoms with van der Waals surface area (Å²) in [6.45, 7) is 12.4. The Morgan fingerprint density at radius 3 is 2.58 bits per heavy atom. The van der Waals surface area contributed by atoms with E-state index in [0.717, 1.165) is 37.7 Å². The van der Waals surface area contributed by atoms with Crippen molar-refractivity contribution in [3.8, 4) is 0 Å². The molecule has 0 spiro atoms. The smallest absolute Gasteiger partial charge is 0.328 e. The number of fused-ring (bicyclic) bond motifs is 1. The molecule has 0 aromatic carbocycles. The van der Waals surface area contributed by atoms with Crippen LogP contribution in [0.25, 0.3) is 0 Å². The number of allylic oxidation sites excluding steroid dienone is 3. The number of aliphatic carboxylic acids is 1. The molecule has 4 heteroatoms. The van der Waals surface area contributed by atoms with Crippen LogP contribution in [0.15, 0.2) is 23.3 Å². The summed E-state index contributed by atoms with van der Waals surface area (Å²) in [4.78, 5) is 22.6. The van der Waals surface area contributed by atoms with Crippen LogP contribution in [0.2, 0.25) is 0 Å². The minimum absolute atomic E-state index is 0.00373. The van der Waals surface area contributed by atoms with E-state index in [1.165, 1.54) is 18.6 Å². The van der Waals surface area contributed by atoms with E-state index in [4.69, 9.17) is 9.84 Å². The van der Waals surface area contributed by atoms with Crippen molar-refractivity contribution in [2.75, 3.05) is 0 Å². The van der Waals surface area contributed by atoms with Crippen molar-refractivity contribution >= 4 is 11.9 Å². The Balaban J connectivity index is 2.37. The van der Waals surface area contributed by atoms with Gasteiger partial charge in [-0.1, -0.05) is 38.0 Å². The van der Waals surface area contributed by atoms with Crippen molar-refractivity contribution in [3.05, 3.63) is 23.3 Å². The first-order chi connectivity index (χ1) is 12.0. The van der Waals surface area contributed by atoms with Crippen LogP contribution in [0.5, 0.6) is 0 Å². The number of carboxylic acid groups (broad SMARTS) is 1. The van der Waals surface area contributed by atoms with Gasteiger partial charge in [0.15, 0.2) is 0 Å². The van der Waals surface area contributed by atoms with Crippen LogP contribution < -0.4 is 0 Å². The van der Waals surface area contributed by atoms with Gasteiger partial charge in [0, 0.05) is 13.0 Å². The molecule has 0 unspecified atom stereocenters. The van der Waals surface area contributed by atoms with E-state index in [-0.39, 0.29) is 28.8 Å². The number of hydrogen-bond donors (Lipinski definition) is 1. The normalized spacial score (nSPS) is 37.5. The molecular weight excluding hydrogens is 328 g/mol. The molecular formula is C22H34O4. The number of rotatable bonds is 5. The molecule has 2 rings (SSSR count). The van der Waals surface area contributed by atoms with Gasteiger partial charge in [0.25, 0.3) is 0 Å². The average Bonchev–Trinajstić information content (AvgIpc) is 2.52. The van der Waals surface area contributed by atoms with Crippen LogP contribution in [0.3, 0.4) is 0 Å². The van der Waals surface area contributed by atoms with Gasteiger partial charge in [-0.15, -0.1) is 0 Å².